The number of fused-ring (bicyclic) bond motifs is 1. The molecule has 0 saturated heterocycles. The van der Waals surface area contributed by atoms with E-state index in [4.69, 9.17) is 4.74 Å². The molecule has 3 aromatic carbocycles. The summed E-state index contributed by atoms with van der Waals surface area (Å²) < 4.78 is 5.63. The summed E-state index contributed by atoms with van der Waals surface area (Å²) in [7, 11) is 0. The second-order valence-electron chi connectivity index (χ2n) is 6.49. The van der Waals surface area contributed by atoms with Crippen LogP contribution >= 0.6 is 0 Å². The molecule has 1 unspecified atom stereocenters. The van der Waals surface area contributed by atoms with Crippen LogP contribution in [0.4, 0.5) is 0 Å². The topological polar surface area (TPSA) is 55.4 Å². The number of carbonyl (C=O) groups excluding carboxylic acids is 2. The van der Waals surface area contributed by atoms with Gasteiger partial charge in [0, 0.05) is 0 Å². The molecule has 1 N–H and O–H groups in total. The van der Waals surface area contributed by atoms with Gasteiger partial charge < -0.3 is 10.1 Å². The smallest absolute Gasteiger partial charge is 0.258 e. The highest BCUT2D eigenvalue weighted by Crippen LogP contribution is 2.26. The van der Waals surface area contributed by atoms with Crippen molar-refractivity contribution in [3.63, 3.8) is 0 Å². The van der Waals surface area contributed by atoms with Gasteiger partial charge in [0.05, 0.1) is 11.6 Å². The van der Waals surface area contributed by atoms with Crippen molar-refractivity contribution in [3.05, 3.63) is 77.4 Å². The third-order valence-corrected chi connectivity index (χ3v) is 4.67. The van der Waals surface area contributed by atoms with Crippen molar-refractivity contribution in [3.8, 4) is 5.75 Å². The Hall–Kier alpha value is -3.14. The summed E-state index contributed by atoms with van der Waals surface area (Å²) in [6.07, 6.45) is 1.76. The molecule has 4 nitrogen and oxygen atoms in total. The molecule has 0 spiro atoms. The van der Waals surface area contributed by atoms with Gasteiger partial charge in [-0.2, -0.15) is 0 Å². The molecule has 3 aromatic rings. The standard InChI is InChI=1S/C23H23NO3/c1-3-17-8-10-18(11-9-17)16(2)24-23(26)15-27-22-13-12-19-6-4-5-7-20(19)21(22)14-25/h4-14,16H,3,15H2,1-2H3,(H,24,26). The maximum absolute atomic E-state index is 12.3. The van der Waals surface area contributed by atoms with Crippen molar-refractivity contribution < 1.29 is 14.3 Å². The van der Waals surface area contributed by atoms with Gasteiger partial charge in [0.25, 0.3) is 5.91 Å². The predicted molar refractivity (Wildman–Crippen MR) is 107 cm³/mol. The molecule has 27 heavy (non-hydrogen) atoms. The van der Waals surface area contributed by atoms with Crippen molar-refractivity contribution in [2.45, 2.75) is 26.3 Å². The van der Waals surface area contributed by atoms with Crippen LogP contribution in [0, 0.1) is 0 Å². The highest BCUT2D eigenvalue weighted by Gasteiger charge is 2.13. The van der Waals surface area contributed by atoms with Gasteiger partial charge in [0.15, 0.2) is 12.9 Å². The molecule has 0 radical (unpaired) electrons. The quantitative estimate of drug-likeness (QED) is 0.632. The Kier molecular flexibility index (Phi) is 5.87. The Bertz CT molecular complexity index is 947. The zero-order valence-electron chi connectivity index (χ0n) is 15.6. The Morgan fingerprint density at radius 1 is 1.07 bits per heavy atom. The van der Waals surface area contributed by atoms with Crippen molar-refractivity contribution in [2.24, 2.45) is 0 Å². The lowest BCUT2D eigenvalue weighted by atomic mass is 10.0. The van der Waals surface area contributed by atoms with Gasteiger partial charge in [0.2, 0.25) is 0 Å². The van der Waals surface area contributed by atoms with Crippen LogP contribution in [0.15, 0.2) is 60.7 Å². The highest BCUT2D eigenvalue weighted by atomic mass is 16.5. The van der Waals surface area contributed by atoms with Gasteiger partial charge >= 0.3 is 0 Å². The average molecular weight is 361 g/mol. The van der Waals surface area contributed by atoms with Crippen LogP contribution in [0.3, 0.4) is 0 Å². The number of hydrogen-bond donors (Lipinski definition) is 1. The van der Waals surface area contributed by atoms with Gasteiger partial charge in [-0.3, -0.25) is 9.59 Å². The molecule has 0 aromatic heterocycles. The first-order valence-corrected chi connectivity index (χ1v) is 9.10. The molecule has 4 heteroatoms. The molecule has 0 bridgehead atoms. The van der Waals surface area contributed by atoms with Gasteiger partial charge in [-0.25, -0.2) is 0 Å². The van der Waals surface area contributed by atoms with Crippen LogP contribution in [0.25, 0.3) is 10.8 Å². The van der Waals surface area contributed by atoms with Crippen molar-refractivity contribution in [1.29, 1.82) is 0 Å². The lowest BCUT2D eigenvalue weighted by molar-refractivity contribution is -0.123. The number of aldehydes is 1. The van der Waals surface area contributed by atoms with E-state index in [1.807, 2.05) is 49.4 Å². The van der Waals surface area contributed by atoms with Crippen LogP contribution < -0.4 is 10.1 Å². The first-order valence-electron chi connectivity index (χ1n) is 9.10. The number of carbonyl (C=O) groups is 2. The van der Waals surface area contributed by atoms with Crippen LogP contribution in [-0.4, -0.2) is 18.8 Å². The summed E-state index contributed by atoms with van der Waals surface area (Å²) in [6.45, 7) is 3.90. The van der Waals surface area contributed by atoms with Crippen LogP contribution in [0.1, 0.15) is 41.4 Å². The van der Waals surface area contributed by atoms with Crippen molar-refractivity contribution in [2.75, 3.05) is 6.61 Å². The van der Waals surface area contributed by atoms with E-state index >= 15 is 0 Å². The molecule has 0 fully saturated rings. The summed E-state index contributed by atoms with van der Waals surface area (Å²) in [6, 6.07) is 19.3. The van der Waals surface area contributed by atoms with E-state index in [0.717, 1.165) is 29.0 Å². The fraction of sp³-hybridized carbons (Fsp3) is 0.217. The van der Waals surface area contributed by atoms with Crippen LogP contribution in [0.5, 0.6) is 5.75 Å². The SMILES string of the molecule is CCc1ccc(C(C)NC(=O)COc2ccc3ccccc3c2C=O)cc1. The van der Waals surface area contributed by atoms with Crippen LogP contribution in [0.2, 0.25) is 0 Å². The molecule has 0 heterocycles. The van der Waals surface area contributed by atoms with Crippen molar-refractivity contribution >= 4 is 23.0 Å². The molecule has 0 aliphatic rings. The van der Waals surface area contributed by atoms with E-state index in [9.17, 15) is 9.59 Å². The monoisotopic (exact) mass is 361 g/mol. The van der Waals surface area contributed by atoms with Gasteiger partial charge in [-0.1, -0.05) is 61.5 Å². The minimum atomic E-state index is -0.230. The lowest BCUT2D eigenvalue weighted by Gasteiger charge is -2.16. The molecule has 1 atom stereocenters. The van der Waals surface area contributed by atoms with E-state index in [2.05, 4.69) is 24.4 Å². The molecule has 138 valence electrons. The molecular formula is C23H23NO3. The number of aryl methyl sites for hydroxylation is 1. The highest BCUT2D eigenvalue weighted by molar-refractivity contribution is 6.00. The van der Waals surface area contributed by atoms with E-state index in [1.54, 1.807) is 6.07 Å². The van der Waals surface area contributed by atoms with E-state index < -0.39 is 0 Å². The summed E-state index contributed by atoms with van der Waals surface area (Å²) in [5.74, 6) is 0.186. The van der Waals surface area contributed by atoms with Gasteiger partial charge in [0.1, 0.15) is 5.75 Å². The third-order valence-electron chi connectivity index (χ3n) is 4.67. The van der Waals surface area contributed by atoms with E-state index in [-0.39, 0.29) is 18.6 Å². The van der Waals surface area contributed by atoms with Gasteiger partial charge in [-0.05, 0) is 41.3 Å². The maximum Gasteiger partial charge on any atom is 0.258 e. The number of rotatable bonds is 7. The van der Waals surface area contributed by atoms with E-state index in [1.165, 1.54) is 5.56 Å². The minimum absolute atomic E-state index is 0.117. The largest absolute Gasteiger partial charge is 0.483 e. The minimum Gasteiger partial charge on any atom is -0.483 e. The van der Waals surface area contributed by atoms with E-state index in [0.29, 0.717) is 11.3 Å². The fourth-order valence-corrected chi connectivity index (χ4v) is 3.07. The summed E-state index contributed by atoms with van der Waals surface area (Å²) >= 11 is 0. The normalized spacial score (nSPS) is 11.8. The summed E-state index contributed by atoms with van der Waals surface area (Å²) in [5.41, 5.74) is 2.77. The summed E-state index contributed by atoms with van der Waals surface area (Å²) in [5, 5.41) is 4.70. The molecule has 1 amide bonds. The number of nitrogens with one attached hydrogen (secondary N) is 1. The molecule has 0 saturated carbocycles. The molecular weight excluding hydrogens is 338 g/mol. The summed E-state index contributed by atoms with van der Waals surface area (Å²) in [4.78, 5) is 23.8. The zero-order chi connectivity index (χ0) is 19.2. The number of benzene rings is 3. The Morgan fingerprint density at radius 2 is 1.81 bits per heavy atom. The second kappa shape index (κ2) is 8.49. The first kappa shape index (κ1) is 18.6. The van der Waals surface area contributed by atoms with Crippen LogP contribution in [-0.2, 0) is 11.2 Å². The Morgan fingerprint density at radius 3 is 2.52 bits per heavy atom. The fourth-order valence-electron chi connectivity index (χ4n) is 3.07. The number of amides is 1. The molecule has 0 aliphatic heterocycles. The Labute approximate surface area is 159 Å². The lowest BCUT2D eigenvalue weighted by Crippen LogP contribution is -2.31. The predicted octanol–water partition coefficient (Wildman–Crippen LogP) is 4.47. The average Bonchev–Trinajstić information content (AvgIpc) is 2.71. The number of hydrogen-bond acceptors (Lipinski definition) is 3. The third kappa shape index (κ3) is 4.34. The van der Waals surface area contributed by atoms with Crippen molar-refractivity contribution in [1.82, 2.24) is 5.32 Å². The molecule has 3 rings (SSSR count). The van der Waals surface area contributed by atoms with Gasteiger partial charge in [-0.15, -0.1) is 0 Å². The second-order valence-corrected chi connectivity index (χ2v) is 6.49. The maximum atomic E-state index is 12.3. The first-order chi connectivity index (χ1) is 13.1. The number of ether oxygens (including phenoxy) is 1. The zero-order valence-corrected chi connectivity index (χ0v) is 15.6. The Balaban J connectivity index is 1.65. The molecule has 0 aliphatic carbocycles.